The maximum absolute atomic E-state index is 13.2. The van der Waals surface area contributed by atoms with Crippen LogP contribution in [0.5, 0.6) is 0 Å². The number of rotatable bonds is 6. The van der Waals surface area contributed by atoms with Crippen molar-refractivity contribution in [3.63, 3.8) is 0 Å². The molecule has 5 nitrogen and oxygen atoms in total. The summed E-state index contributed by atoms with van der Waals surface area (Å²) < 4.78 is 45.4. The van der Waals surface area contributed by atoms with Crippen molar-refractivity contribution in [3.8, 4) is 11.5 Å². The molecule has 3 aromatic carbocycles. The van der Waals surface area contributed by atoms with Crippen LogP contribution in [0.25, 0.3) is 11.5 Å². The number of halogens is 3. The van der Waals surface area contributed by atoms with Gasteiger partial charge in [-0.2, -0.15) is 4.98 Å². The highest BCUT2D eigenvalue weighted by Crippen LogP contribution is 2.33. The molecule has 0 fully saturated rings. The van der Waals surface area contributed by atoms with E-state index >= 15 is 0 Å². The zero-order chi connectivity index (χ0) is 22.0. The van der Waals surface area contributed by atoms with Crippen molar-refractivity contribution in [2.45, 2.75) is 16.5 Å². The van der Waals surface area contributed by atoms with Crippen molar-refractivity contribution in [1.82, 2.24) is 4.98 Å². The molecule has 0 aliphatic heterocycles. The molecule has 4 rings (SSSR count). The standard InChI is InChI=1S/C22H15Cl2FN2O3S/c23-16-5-3-15(4-6-16)20-27-22(31(28,29)19-11-7-17(24)8-12-19)21(30-20)26-13-14-1-9-18(25)10-2-14/h1-12,26H,13H2. The number of benzene rings is 3. The van der Waals surface area contributed by atoms with E-state index < -0.39 is 9.84 Å². The molecule has 1 heterocycles. The second-order valence-corrected chi connectivity index (χ2v) is 9.34. The van der Waals surface area contributed by atoms with Gasteiger partial charge in [-0.1, -0.05) is 35.3 Å². The van der Waals surface area contributed by atoms with Crippen LogP contribution in [0.3, 0.4) is 0 Å². The summed E-state index contributed by atoms with van der Waals surface area (Å²) in [4.78, 5) is 4.28. The van der Waals surface area contributed by atoms with Crippen LogP contribution in [0, 0.1) is 5.82 Å². The lowest BCUT2D eigenvalue weighted by Crippen LogP contribution is -2.07. The minimum absolute atomic E-state index is 0.0239. The molecule has 158 valence electrons. The third-order valence-electron chi connectivity index (χ3n) is 4.43. The normalized spacial score (nSPS) is 11.5. The molecule has 9 heteroatoms. The first-order valence-corrected chi connectivity index (χ1v) is 11.3. The number of hydrogen-bond acceptors (Lipinski definition) is 5. The topological polar surface area (TPSA) is 72.2 Å². The van der Waals surface area contributed by atoms with Crippen LogP contribution in [-0.4, -0.2) is 13.4 Å². The summed E-state index contributed by atoms with van der Waals surface area (Å²) in [5.74, 6) is -0.269. The Balaban J connectivity index is 1.74. The van der Waals surface area contributed by atoms with E-state index in [9.17, 15) is 12.8 Å². The molecule has 0 radical (unpaired) electrons. The Morgan fingerprint density at radius 1 is 0.871 bits per heavy atom. The summed E-state index contributed by atoms with van der Waals surface area (Å²) in [6.07, 6.45) is 0. The molecule has 0 unspecified atom stereocenters. The zero-order valence-electron chi connectivity index (χ0n) is 15.8. The fourth-order valence-corrected chi connectivity index (χ4v) is 4.36. The largest absolute Gasteiger partial charge is 0.419 e. The highest BCUT2D eigenvalue weighted by atomic mass is 35.5. The fourth-order valence-electron chi connectivity index (χ4n) is 2.83. The molecule has 1 aromatic heterocycles. The van der Waals surface area contributed by atoms with Crippen molar-refractivity contribution in [1.29, 1.82) is 0 Å². The van der Waals surface area contributed by atoms with Gasteiger partial charge in [-0.25, -0.2) is 12.8 Å². The van der Waals surface area contributed by atoms with Gasteiger partial charge in [0.25, 0.3) is 0 Å². The lowest BCUT2D eigenvalue weighted by Gasteiger charge is -2.06. The van der Waals surface area contributed by atoms with E-state index in [1.54, 1.807) is 36.4 Å². The Labute approximate surface area is 188 Å². The molecule has 0 bridgehead atoms. The summed E-state index contributed by atoms with van der Waals surface area (Å²) in [7, 11) is -4.00. The minimum Gasteiger partial charge on any atom is -0.419 e. The monoisotopic (exact) mass is 476 g/mol. The van der Waals surface area contributed by atoms with E-state index in [0.29, 0.717) is 15.6 Å². The van der Waals surface area contributed by atoms with Crippen molar-refractivity contribution in [3.05, 3.63) is 94.2 Å². The molecule has 0 amide bonds. The van der Waals surface area contributed by atoms with E-state index in [4.69, 9.17) is 27.6 Å². The van der Waals surface area contributed by atoms with E-state index in [-0.39, 0.29) is 34.1 Å². The number of hydrogen-bond donors (Lipinski definition) is 1. The maximum Gasteiger partial charge on any atom is 0.234 e. The number of sulfone groups is 1. The van der Waals surface area contributed by atoms with E-state index in [2.05, 4.69) is 10.3 Å². The first-order chi connectivity index (χ1) is 14.8. The second-order valence-electron chi connectivity index (χ2n) is 6.60. The number of oxazole rings is 1. The lowest BCUT2D eigenvalue weighted by molar-refractivity contribution is 0.576. The summed E-state index contributed by atoms with van der Waals surface area (Å²) in [6.45, 7) is 0.207. The van der Waals surface area contributed by atoms with Crippen LogP contribution in [0.15, 0.2) is 87.1 Å². The summed E-state index contributed by atoms with van der Waals surface area (Å²) in [6, 6.07) is 18.3. The molecule has 0 aliphatic rings. The Bertz CT molecular complexity index is 1300. The molecular formula is C22H15Cl2FN2O3S. The number of aromatic nitrogens is 1. The number of nitrogens with zero attached hydrogens (tertiary/aromatic N) is 1. The van der Waals surface area contributed by atoms with Gasteiger partial charge in [-0.05, 0) is 66.2 Å². The third-order valence-corrected chi connectivity index (χ3v) is 6.61. The van der Waals surface area contributed by atoms with Gasteiger partial charge in [-0.15, -0.1) is 0 Å². The maximum atomic E-state index is 13.2. The van der Waals surface area contributed by atoms with Crippen molar-refractivity contribution >= 4 is 38.9 Å². The van der Waals surface area contributed by atoms with Gasteiger partial charge in [0.05, 0.1) is 4.90 Å². The Hall–Kier alpha value is -2.87. The van der Waals surface area contributed by atoms with E-state index in [0.717, 1.165) is 5.56 Å². The van der Waals surface area contributed by atoms with Gasteiger partial charge < -0.3 is 9.73 Å². The van der Waals surface area contributed by atoms with Crippen LogP contribution in [0.2, 0.25) is 10.0 Å². The van der Waals surface area contributed by atoms with Gasteiger partial charge in [0.15, 0.2) is 0 Å². The number of anilines is 1. The van der Waals surface area contributed by atoms with Gasteiger partial charge in [0.2, 0.25) is 26.6 Å². The average Bonchev–Trinajstić information content (AvgIpc) is 3.19. The predicted octanol–water partition coefficient (Wildman–Crippen LogP) is 6.23. The van der Waals surface area contributed by atoms with Crippen LogP contribution >= 0.6 is 23.2 Å². The number of nitrogens with one attached hydrogen (secondary N) is 1. The second kappa shape index (κ2) is 8.70. The van der Waals surface area contributed by atoms with Gasteiger partial charge >= 0.3 is 0 Å². The molecule has 31 heavy (non-hydrogen) atoms. The molecular weight excluding hydrogens is 462 g/mol. The highest BCUT2D eigenvalue weighted by Gasteiger charge is 2.28. The lowest BCUT2D eigenvalue weighted by atomic mass is 10.2. The Kier molecular flexibility index (Phi) is 6.00. The SMILES string of the molecule is O=S(=O)(c1ccc(Cl)cc1)c1nc(-c2ccc(Cl)cc2)oc1NCc1ccc(F)cc1. The van der Waals surface area contributed by atoms with Gasteiger partial charge in [0, 0.05) is 22.2 Å². The van der Waals surface area contributed by atoms with Crippen LogP contribution in [0.4, 0.5) is 10.3 Å². The molecule has 0 spiro atoms. The minimum atomic E-state index is -4.00. The molecule has 4 aromatic rings. The van der Waals surface area contributed by atoms with Gasteiger partial charge in [0.1, 0.15) is 5.82 Å². The van der Waals surface area contributed by atoms with E-state index in [1.165, 1.54) is 36.4 Å². The first kappa shape index (κ1) is 21.4. The van der Waals surface area contributed by atoms with Crippen LogP contribution < -0.4 is 5.32 Å². The zero-order valence-corrected chi connectivity index (χ0v) is 18.2. The predicted molar refractivity (Wildman–Crippen MR) is 118 cm³/mol. The molecule has 0 saturated carbocycles. The highest BCUT2D eigenvalue weighted by molar-refractivity contribution is 7.91. The molecule has 0 saturated heterocycles. The molecule has 0 atom stereocenters. The molecule has 0 aliphatic carbocycles. The Morgan fingerprint density at radius 2 is 1.45 bits per heavy atom. The quantitative estimate of drug-likeness (QED) is 0.356. The summed E-state index contributed by atoms with van der Waals surface area (Å²) in [5.41, 5.74) is 1.30. The van der Waals surface area contributed by atoms with Crippen molar-refractivity contribution < 1.29 is 17.2 Å². The summed E-state index contributed by atoms with van der Waals surface area (Å²) in [5, 5.41) is 3.63. The van der Waals surface area contributed by atoms with Crippen LogP contribution in [-0.2, 0) is 16.4 Å². The first-order valence-electron chi connectivity index (χ1n) is 9.09. The summed E-state index contributed by atoms with van der Waals surface area (Å²) >= 11 is 11.8. The van der Waals surface area contributed by atoms with Crippen molar-refractivity contribution in [2.24, 2.45) is 0 Å². The van der Waals surface area contributed by atoms with E-state index in [1.807, 2.05) is 0 Å². The fraction of sp³-hybridized carbons (Fsp3) is 0.0455. The molecule has 1 N–H and O–H groups in total. The third kappa shape index (κ3) is 4.74. The van der Waals surface area contributed by atoms with Crippen molar-refractivity contribution in [2.75, 3.05) is 5.32 Å². The smallest absolute Gasteiger partial charge is 0.234 e. The Morgan fingerprint density at radius 3 is 2.06 bits per heavy atom. The average molecular weight is 477 g/mol. The van der Waals surface area contributed by atoms with Gasteiger partial charge in [-0.3, -0.25) is 0 Å². The van der Waals surface area contributed by atoms with Crippen LogP contribution in [0.1, 0.15) is 5.56 Å².